The Kier molecular flexibility index (Phi) is 3.33. The summed E-state index contributed by atoms with van der Waals surface area (Å²) in [5.41, 5.74) is 0.914. The van der Waals surface area contributed by atoms with Gasteiger partial charge in [-0.05, 0) is 40.9 Å². The monoisotopic (exact) mass is 359 g/mol. The van der Waals surface area contributed by atoms with Crippen LogP contribution in [0.1, 0.15) is 34.1 Å². The molecule has 0 radical (unpaired) electrons. The molecule has 0 aliphatic heterocycles. The van der Waals surface area contributed by atoms with E-state index >= 15 is 0 Å². The Labute approximate surface area is 125 Å². The summed E-state index contributed by atoms with van der Waals surface area (Å²) in [5, 5.41) is 9.58. The highest BCUT2D eigenvalue weighted by Gasteiger charge is 2.32. The summed E-state index contributed by atoms with van der Waals surface area (Å²) < 4.78 is 26.6. The first-order valence-electron chi connectivity index (χ1n) is 5.87. The summed E-state index contributed by atoms with van der Waals surface area (Å²) in [5.74, 6) is -2.81. The third-order valence-electron chi connectivity index (χ3n) is 3.08. The second kappa shape index (κ2) is 4.89. The number of aromatic carboxylic acids is 1. The van der Waals surface area contributed by atoms with E-state index in [9.17, 15) is 18.7 Å². The summed E-state index contributed by atoms with van der Waals surface area (Å²) in [7, 11) is 0. The first-order valence-corrected chi connectivity index (χ1v) is 7.48. The van der Waals surface area contributed by atoms with Crippen molar-refractivity contribution >= 4 is 33.2 Å². The van der Waals surface area contributed by atoms with Gasteiger partial charge in [0, 0.05) is 11.5 Å². The van der Waals surface area contributed by atoms with Crippen molar-refractivity contribution in [2.75, 3.05) is 0 Å². The lowest BCUT2D eigenvalue weighted by Crippen LogP contribution is -1.97. The molecule has 3 nitrogen and oxygen atoms in total. The van der Waals surface area contributed by atoms with E-state index in [1.54, 1.807) is 0 Å². The Morgan fingerprint density at radius 1 is 1.40 bits per heavy atom. The average molecular weight is 360 g/mol. The molecule has 0 spiro atoms. The molecule has 0 amide bonds. The second-order valence-electron chi connectivity index (χ2n) is 4.54. The number of hydrogen-bond acceptors (Lipinski definition) is 3. The predicted octanol–water partition coefficient (Wildman–Crippen LogP) is 4.43. The van der Waals surface area contributed by atoms with E-state index in [2.05, 4.69) is 20.9 Å². The summed E-state index contributed by atoms with van der Waals surface area (Å²) in [6.45, 7) is 0. The number of carboxylic acids is 1. The Balaban J connectivity index is 2.13. The maximum absolute atomic E-state index is 13.6. The van der Waals surface area contributed by atoms with Gasteiger partial charge in [0.2, 0.25) is 0 Å². The van der Waals surface area contributed by atoms with Crippen LogP contribution in [0.4, 0.5) is 8.78 Å². The first kappa shape index (κ1) is 13.6. The van der Waals surface area contributed by atoms with Crippen molar-refractivity contribution in [1.82, 2.24) is 4.98 Å². The van der Waals surface area contributed by atoms with E-state index < -0.39 is 17.6 Å². The number of carbonyl (C=O) groups is 1. The summed E-state index contributed by atoms with van der Waals surface area (Å²) >= 11 is 3.98. The van der Waals surface area contributed by atoms with E-state index in [0.29, 0.717) is 16.3 Å². The van der Waals surface area contributed by atoms with Crippen LogP contribution < -0.4 is 0 Å². The van der Waals surface area contributed by atoms with Crippen LogP contribution in [-0.2, 0) is 0 Å². The minimum absolute atomic E-state index is 0.0365. The Bertz CT molecular complexity index is 713. The largest absolute Gasteiger partial charge is 0.477 e. The number of thiazole rings is 1. The third-order valence-corrected chi connectivity index (χ3v) is 4.94. The summed E-state index contributed by atoms with van der Waals surface area (Å²) in [6, 6.07) is 2.40. The molecule has 0 saturated heterocycles. The maximum atomic E-state index is 13.6. The minimum atomic E-state index is -1.03. The normalized spacial score (nSPS) is 14.6. The number of hydrogen-bond donors (Lipinski definition) is 1. The third kappa shape index (κ3) is 2.25. The molecule has 1 saturated carbocycles. The van der Waals surface area contributed by atoms with Crippen LogP contribution in [0.2, 0.25) is 0 Å². The zero-order chi connectivity index (χ0) is 14.4. The molecule has 104 valence electrons. The average Bonchev–Trinajstić information content (AvgIpc) is 3.16. The molecule has 0 unspecified atom stereocenters. The SMILES string of the molecule is O=C(O)c1sc(-c2ccc(F)c(F)c2Br)nc1C1CC1. The lowest BCUT2D eigenvalue weighted by Gasteiger charge is -2.02. The van der Waals surface area contributed by atoms with Crippen LogP contribution in [0, 0.1) is 11.6 Å². The minimum Gasteiger partial charge on any atom is -0.477 e. The number of carboxylic acid groups (broad SMARTS) is 1. The molecule has 0 atom stereocenters. The standard InChI is InChI=1S/C13H8BrF2NO2S/c14-8-6(3-4-7(15)9(8)16)12-17-10(5-1-2-5)11(20-12)13(18)19/h3-5H,1-2H2,(H,18,19). The lowest BCUT2D eigenvalue weighted by atomic mass is 10.2. The quantitative estimate of drug-likeness (QED) is 0.824. The molecule has 2 aromatic rings. The topological polar surface area (TPSA) is 50.2 Å². The number of benzene rings is 1. The van der Waals surface area contributed by atoms with Crippen molar-refractivity contribution in [2.45, 2.75) is 18.8 Å². The Hall–Kier alpha value is -1.34. The summed E-state index contributed by atoms with van der Waals surface area (Å²) in [6.07, 6.45) is 1.84. The van der Waals surface area contributed by atoms with E-state index in [1.807, 2.05) is 0 Å². The van der Waals surface area contributed by atoms with Gasteiger partial charge in [0.15, 0.2) is 11.6 Å². The fraction of sp³-hybridized carbons (Fsp3) is 0.231. The van der Waals surface area contributed by atoms with Crippen LogP contribution in [0.5, 0.6) is 0 Å². The highest BCUT2D eigenvalue weighted by molar-refractivity contribution is 9.10. The van der Waals surface area contributed by atoms with Gasteiger partial charge in [-0.1, -0.05) is 0 Å². The van der Waals surface area contributed by atoms with Gasteiger partial charge in [0.25, 0.3) is 0 Å². The van der Waals surface area contributed by atoms with Crippen LogP contribution in [0.3, 0.4) is 0 Å². The van der Waals surface area contributed by atoms with Gasteiger partial charge < -0.3 is 5.11 Å². The van der Waals surface area contributed by atoms with E-state index in [1.165, 1.54) is 6.07 Å². The smallest absolute Gasteiger partial charge is 0.347 e. The molecular formula is C13H8BrF2NO2S. The highest BCUT2D eigenvalue weighted by Crippen LogP contribution is 2.45. The molecule has 7 heteroatoms. The molecule has 0 bridgehead atoms. The molecule has 1 aliphatic rings. The molecular weight excluding hydrogens is 352 g/mol. The highest BCUT2D eigenvalue weighted by atomic mass is 79.9. The van der Waals surface area contributed by atoms with Crippen molar-refractivity contribution in [3.05, 3.63) is 38.8 Å². The zero-order valence-corrected chi connectivity index (χ0v) is 12.4. The van der Waals surface area contributed by atoms with Crippen LogP contribution in [-0.4, -0.2) is 16.1 Å². The second-order valence-corrected chi connectivity index (χ2v) is 6.33. The Morgan fingerprint density at radius 2 is 2.10 bits per heavy atom. The Morgan fingerprint density at radius 3 is 2.70 bits per heavy atom. The summed E-state index contributed by atoms with van der Waals surface area (Å²) in [4.78, 5) is 15.7. The molecule has 1 aromatic heterocycles. The number of aromatic nitrogens is 1. The fourth-order valence-electron chi connectivity index (χ4n) is 1.92. The van der Waals surface area contributed by atoms with Gasteiger partial charge >= 0.3 is 5.97 Å². The van der Waals surface area contributed by atoms with E-state index in [4.69, 9.17) is 0 Å². The van der Waals surface area contributed by atoms with E-state index in [0.717, 1.165) is 30.2 Å². The van der Waals surface area contributed by atoms with Gasteiger partial charge in [-0.15, -0.1) is 11.3 Å². The predicted molar refractivity (Wildman–Crippen MR) is 74.1 cm³/mol. The van der Waals surface area contributed by atoms with Crippen molar-refractivity contribution in [2.24, 2.45) is 0 Å². The van der Waals surface area contributed by atoms with Gasteiger partial charge in [-0.2, -0.15) is 0 Å². The molecule has 20 heavy (non-hydrogen) atoms. The fourth-order valence-corrected chi connectivity index (χ4v) is 3.59. The van der Waals surface area contributed by atoms with Crippen LogP contribution >= 0.6 is 27.3 Å². The van der Waals surface area contributed by atoms with Crippen molar-refractivity contribution in [1.29, 1.82) is 0 Å². The van der Waals surface area contributed by atoms with Crippen molar-refractivity contribution < 1.29 is 18.7 Å². The molecule has 1 aromatic carbocycles. The lowest BCUT2D eigenvalue weighted by molar-refractivity contribution is 0.0700. The van der Waals surface area contributed by atoms with Gasteiger partial charge in [-0.25, -0.2) is 18.6 Å². The van der Waals surface area contributed by atoms with Gasteiger partial charge in [0.1, 0.15) is 9.88 Å². The molecule has 1 heterocycles. The molecule has 1 aliphatic carbocycles. The van der Waals surface area contributed by atoms with Gasteiger partial charge in [0.05, 0.1) is 10.2 Å². The first-order chi connectivity index (χ1) is 9.49. The van der Waals surface area contributed by atoms with E-state index in [-0.39, 0.29) is 15.3 Å². The van der Waals surface area contributed by atoms with Crippen LogP contribution in [0.25, 0.3) is 10.6 Å². The van der Waals surface area contributed by atoms with Crippen LogP contribution in [0.15, 0.2) is 16.6 Å². The molecule has 3 rings (SSSR count). The number of halogens is 3. The molecule has 1 fully saturated rings. The number of nitrogens with zero attached hydrogens (tertiary/aromatic N) is 1. The van der Waals surface area contributed by atoms with Gasteiger partial charge in [-0.3, -0.25) is 0 Å². The number of rotatable bonds is 3. The van der Waals surface area contributed by atoms with Crippen molar-refractivity contribution in [3.8, 4) is 10.6 Å². The molecule has 1 N–H and O–H groups in total. The maximum Gasteiger partial charge on any atom is 0.347 e. The zero-order valence-electron chi connectivity index (χ0n) is 9.99. The van der Waals surface area contributed by atoms with Crippen molar-refractivity contribution in [3.63, 3.8) is 0 Å².